The lowest BCUT2D eigenvalue weighted by molar-refractivity contribution is 0.576. The first-order valence-corrected chi connectivity index (χ1v) is 3.10. The summed E-state index contributed by atoms with van der Waals surface area (Å²) in [5, 5.41) is 0. The molecule has 0 radical (unpaired) electrons. The molecule has 0 N–H and O–H groups in total. The average Bonchev–Trinajstić information content (AvgIpc) is 1.72. The van der Waals surface area contributed by atoms with Crippen LogP contribution in [0.25, 0.3) is 0 Å². The Balaban J connectivity index is 0. The lowest BCUT2D eigenvalue weighted by Gasteiger charge is -1.95. The Morgan fingerprint density at radius 3 is 1.62 bits per heavy atom. The Morgan fingerprint density at radius 1 is 1.25 bits per heavy atom. The van der Waals surface area contributed by atoms with E-state index >= 15 is 0 Å². The Morgan fingerprint density at radius 2 is 1.62 bits per heavy atom. The minimum atomic E-state index is 0.898. The monoisotopic (exact) mass is 112 g/mol. The van der Waals surface area contributed by atoms with Gasteiger partial charge in [0.15, 0.2) is 0 Å². The second kappa shape index (κ2) is 9.75. The maximum absolute atomic E-state index is 4.00. The van der Waals surface area contributed by atoms with Crippen molar-refractivity contribution in [3.8, 4) is 12.8 Å². The van der Waals surface area contributed by atoms with Crippen molar-refractivity contribution in [2.24, 2.45) is 5.92 Å². The fourth-order valence-corrected chi connectivity index (χ4v) is 0.577. The SMILES string of the molecule is C#C.CCCC(C)C. The molecule has 0 bridgehead atoms. The molecule has 0 rings (SSSR count). The Bertz CT molecular complexity index is 41.2. The second-order valence-electron chi connectivity index (χ2n) is 2.18. The predicted octanol–water partition coefficient (Wildman–Crippen LogP) is 2.69. The topological polar surface area (TPSA) is 0 Å². The number of hydrogen-bond donors (Lipinski definition) is 0. The van der Waals surface area contributed by atoms with Gasteiger partial charge in [0.1, 0.15) is 0 Å². The van der Waals surface area contributed by atoms with Crippen LogP contribution in [-0.4, -0.2) is 0 Å². The largest absolute Gasteiger partial charge is 0.124 e. The third-order valence-electron chi connectivity index (χ3n) is 0.866. The average molecular weight is 112 g/mol. The maximum Gasteiger partial charge on any atom is -0.0471 e. The van der Waals surface area contributed by atoms with Crippen molar-refractivity contribution in [1.82, 2.24) is 0 Å². The van der Waals surface area contributed by atoms with E-state index in [4.69, 9.17) is 0 Å². The molecule has 0 atom stereocenters. The molecule has 0 heteroatoms. The van der Waals surface area contributed by atoms with Crippen LogP contribution in [0.4, 0.5) is 0 Å². The first-order chi connectivity index (χ1) is 3.77. The Kier molecular flexibility index (Phi) is 12.8. The van der Waals surface area contributed by atoms with Gasteiger partial charge in [-0.15, -0.1) is 12.8 Å². The fourth-order valence-electron chi connectivity index (χ4n) is 0.577. The van der Waals surface area contributed by atoms with Gasteiger partial charge in [0, 0.05) is 0 Å². The Labute approximate surface area is 53.3 Å². The zero-order chi connectivity index (χ0) is 6.99. The summed E-state index contributed by atoms with van der Waals surface area (Å²) in [6.07, 6.45) is 10.7. The van der Waals surface area contributed by atoms with Crippen LogP contribution in [0.1, 0.15) is 33.6 Å². The molecule has 0 nitrogen and oxygen atoms in total. The molecule has 0 saturated carbocycles. The zero-order valence-electron chi connectivity index (χ0n) is 6.15. The summed E-state index contributed by atoms with van der Waals surface area (Å²) in [5.41, 5.74) is 0. The van der Waals surface area contributed by atoms with Crippen LogP contribution in [0.15, 0.2) is 0 Å². The van der Waals surface area contributed by atoms with Gasteiger partial charge in [0.25, 0.3) is 0 Å². The van der Waals surface area contributed by atoms with Crippen molar-refractivity contribution in [3.63, 3.8) is 0 Å². The van der Waals surface area contributed by atoms with Crippen molar-refractivity contribution < 1.29 is 0 Å². The predicted molar refractivity (Wildman–Crippen MR) is 39.6 cm³/mol. The normalized spacial score (nSPS) is 7.75. The van der Waals surface area contributed by atoms with E-state index in [1.54, 1.807) is 0 Å². The highest BCUT2D eigenvalue weighted by molar-refractivity contribution is 4.47. The quantitative estimate of drug-likeness (QED) is 0.482. The van der Waals surface area contributed by atoms with Crippen LogP contribution >= 0.6 is 0 Å². The van der Waals surface area contributed by atoms with Crippen LogP contribution in [0.5, 0.6) is 0 Å². The summed E-state index contributed by atoms with van der Waals surface area (Å²) in [6.45, 7) is 6.73. The molecule has 0 aromatic rings. The van der Waals surface area contributed by atoms with E-state index in [0.717, 1.165) is 5.92 Å². The Hall–Kier alpha value is -0.440. The minimum Gasteiger partial charge on any atom is -0.124 e. The van der Waals surface area contributed by atoms with E-state index in [0.29, 0.717) is 0 Å². The third kappa shape index (κ3) is 17.6. The zero-order valence-corrected chi connectivity index (χ0v) is 6.15. The van der Waals surface area contributed by atoms with Gasteiger partial charge in [-0.3, -0.25) is 0 Å². The highest BCUT2D eigenvalue weighted by atomic mass is 13.9. The first kappa shape index (κ1) is 10.5. The smallest absolute Gasteiger partial charge is 0.0471 e. The van der Waals surface area contributed by atoms with Crippen LogP contribution in [-0.2, 0) is 0 Å². The molecule has 0 saturated heterocycles. The van der Waals surface area contributed by atoms with Gasteiger partial charge >= 0.3 is 0 Å². The first-order valence-electron chi connectivity index (χ1n) is 3.10. The van der Waals surface area contributed by atoms with Gasteiger partial charge in [0.2, 0.25) is 0 Å². The molecule has 0 heterocycles. The van der Waals surface area contributed by atoms with Crippen molar-refractivity contribution in [3.05, 3.63) is 0 Å². The van der Waals surface area contributed by atoms with Gasteiger partial charge < -0.3 is 0 Å². The lowest BCUT2D eigenvalue weighted by Crippen LogP contribution is -1.81. The van der Waals surface area contributed by atoms with E-state index in [1.807, 2.05) is 0 Å². The van der Waals surface area contributed by atoms with E-state index < -0.39 is 0 Å². The summed E-state index contributed by atoms with van der Waals surface area (Å²) >= 11 is 0. The van der Waals surface area contributed by atoms with Crippen LogP contribution < -0.4 is 0 Å². The van der Waals surface area contributed by atoms with Gasteiger partial charge in [-0.2, -0.15) is 0 Å². The molecule has 0 aliphatic heterocycles. The van der Waals surface area contributed by atoms with Crippen LogP contribution in [0.3, 0.4) is 0 Å². The number of hydrogen-bond acceptors (Lipinski definition) is 0. The highest BCUT2D eigenvalue weighted by Gasteiger charge is 1.85. The standard InChI is InChI=1S/C6H14.C2H2/c1-4-5-6(2)3;1-2/h6H,4-5H2,1-3H3;1-2H. The molecule has 0 unspecified atom stereocenters. The van der Waals surface area contributed by atoms with Gasteiger partial charge in [0.05, 0.1) is 0 Å². The summed E-state index contributed by atoms with van der Waals surface area (Å²) in [6, 6.07) is 0. The molecule has 0 aromatic carbocycles. The van der Waals surface area contributed by atoms with E-state index in [-0.39, 0.29) is 0 Å². The molecule has 0 aliphatic carbocycles. The minimum absolute atomic E-state index is 0.898. The third-order valence-corrected chi connectivity index (χ3v) is 0.866. The summed E-state index contributed by atoms with van der Waals surface area (Å²) in [5.74, 6) is 0.898. The molecule has 0 aromatic heterocycles. The van der Waals surface area contributed by atoms with Crippen molar-refractivity contribution in [2.45, 2.75) is 33.6 Å². The van der Waals surface area contributed by atoms with Crippen molar-refractivity contribution in [2.75, 3.05) is 0 Å². The van der Waals surface area contributed by atoms with E-state index in [1.165, 1.54) is 12.8 Å². The molecule has 8 heavy (non-hydrogen) atoms. The van der Waals surface area contributed by atoms with Crippen molar-refractivity contribution in [1.29, 1.82) is 0 Å². The molecule has 0 spiro atoms. The number of rotatable bonds is 2. The van der Waals surface area contributed by atoms with E-state index in [9.17, 15) is 0 Å². The summed E-state index contributed by atoms with van der Waals surface area (Å²) < 4.78 is 0. The molecule has 0 fully saturated rings. The van der Waals surface area contributed by atoms with E-state index in [2.05, 4.69) is 33.6 Å². The van der Waals surface area contributed by atoms with Gasteiger partial charge in [-0.25, -0.2) is 0 Å². The summed E-state index contributed by atoms with van der Waals surface area (Å²) in [7, 11) is 0. The van der Waals surface area contributed by atoms with Crippen LogP contribution in [0, 0.1) is 18.8 Å². The molecule has 0 amide bonds. The van der Waals surface area contributed by atoms with Crippen LogP contribution in [0.2, 0.25) is 0 Å². The fraction of sp³-hybridized carbons (Fsp3) is 0.750. The van der Waals surface area contributed by atoms with Gasteiger partial charge in [-0.05, 0) is 5.92 Å². The number of terminal acetylenes is 1. The molecular weight excluding hydrogens is 96.1 g/mol. The molecule has 48 valence electrons. The maximum atomic E-state index is 4.00. The summed E-state index contributed by atoms with van der Waals surface area (Å²) in [4.78, 5) is 0. The van der Waals surface area contributed by atoms with Crippen molar-refractivity contribution >= 4 is 0 Å². The highest BCUT2D eigenvalue weighted by Crippen LogP contribution is 2.00. The second-order valence-corrected chi connectivity index (χ2v) is 2.18. The lowest BCUT2D eigenvalue weighted by atomic mass is 10.1. The molecular formula is C8H16. The van der Waals surface area contributed by atoms with Gasteiger partial charge in [-0.1, -0.05) is 33.6 Å². The molecule has 0 aliphatic rings.